The first kappa shape index (κ1) is 18.1. The van der Waals surface area contributed by atoms with Gasteiger partial charge in [0.1, 0.15) is 5.69 Å². The summed E-state index contributed by atoms with van der Waals surface area (Å²) in [5.74, 6) is 0. The summed E-state index contributed by atoms with van der Waals surface area (Å²) in [5.41, 5.74) is 8.72. The van der Waals surface area contributed by atoms with E-state index < -0.39 is 0 Å². The predicted octanol–water partition coefficient (Wildman–Crippen LogP) is 5.47. The van der Waals surface area contributed by atoms with Crippen molar-refractivity contribution in [3.63, 3.8) is 0 Å². The third-order valence-electron chi connectivity index (χ3n) is 6.39. The number of H-pyrrole nitrogens is 2. The maximum atomic E-state index is 4.65. The lowest BCUT2D eigenvalue weighted by Gasteiger charge is -2.28. The smallest absolute Gasteiger partial charge is 0.116 e. The van der Waals surface area contributed by atoms with Gasteiger partial charge in [-0.05, 0) is 61.6 Å². The first-order valence-electron chi connectivity index (χ1n) is 10.9. The Morgan fingerprint density at radius 3 is 2.65 bits per heavy atom. The van der Waals surface area contributed by atoms with Gasteiger partial charge in [0, 0.05) is 41.8 Å². The standard InChI is InChI=1S/C25H24N6/c1-16-7-8-26-13-20(16)17-5-6-21-19(11-17)25(30-29-21)22-12-18-23(28-22)14-27-15-24(18)31-9-3-2-4-10-31/h5-8,11-15,28H,2-4,9-10H2,1H3,(H,29,30). The second-order valence-corrected chi connectivity index (χ2v) is 8.37. The Morgan fingerprint density at radius 2 is 1.77 bits per heavy atom. The lowest BCUT2D eigenvalue weighted by Crippen LogP contribution is -2.29. The van der Waals surface area contributed by atoms with E-state index in [-0.39, 0.29) is 0 Å². The number of aromatic amines is 2. The van der Waals surface area contributed by atoms with E-state index in [0.29, 0.717) is 0 Å². The summed E-state index contributed by atoms with van der Waals surface area (Å²) < 4.78 is 0. The van der Waals surface area contributed by atoms with Crippen molar-refractivity contribution in [1.29, 1.82) is 0 Å². The van der Waals surface area contributed by atoms with E-state index in [0.717, 1.165) is 52.0 Å². The topological polar surface area (TPSA) is 73.5 Å². The second kappa shape index (κ2) is 7.23. The Hall–Kier alpha value is -3.67. The van der Waals surface area contributed by atoms with Gasteiger partial charge in [-0.3, -0.25) is 15.1 Å². The molecular weight excluding hydrogens is 384 g/mol. The van der Waals surface area contributed by atoms with E-state index >= 15 is 0 Å². The Balaban J connectivity index is 1.47. The molecule has 1 fully saturated rings. The summed E-state index contributed by atoms with van der Waals surface area (Å²) in [7, 11) is 0. The van der Waals surface area contributed by atoms with Crippen LogP contribution >= 0.6 is 0 Å². The average molecular weight is 409 g/mol. The van der Waals surface area contributed by atoms with Gasteiger partial charge in [0.15, 0.2) is 0 Å². The normalized spacial score (nSPS) is 14.5. The number of aryl methyl sites for hydroxylation is 1. The number of benzene rings is 1. The lowest BCUT2D eigenvalue weighted by atomic mass is 10.0. The van der Waals surface area contributed by atoms with Crippen LogP contribution in [0.2, 0.25) is 0 Å². The number of nitrogens with one attached hydrogen (secondary N) is 2. The highest BCUT2D eigenvalue weighted by Crippen LogP contribution is 2.35. The zero-order valence-corrected chi connectivity index (χ0v) is 17.5. The van der Waals surface area contributed by atoms with Gasteiger partial charge < -0.3 is 9.88 Å². The Labute approximate surface area is 180 Å². The molecule has 4 aromatic heterocycles. The van der Waals surface area contributed by atoms with E-state index in [4.69, 9.17) is 0 Å². The molecule has 0 amide bonds. The molecule has 0 bridgehead atoms. The van der Waals surface area contributed by atoms with E-state index in [1.54, 1.807) is 0 Å². The van der Waals surface area contributed by atoms with Crippen molar-refractivity contribution < 1.29 is 0 Å². The number of piperidine rings is 1. The van der Waals surface area contributed by atoms with Crippen molar-refractivity contribution in [2.45, 2.75) is 26.2 Å². The van der Waals surface area contributed by atoms with E-state index in [1.807, 2.05) is 30.9 Å². The molecule has 31 heavy (non-hydrogen) atoms. The second-order valence-electron chi connectivity index (χ2n) is 8.37. The molecule has 154 valence electrons. The molecular formula is C25H24N6. The maximum absolute atomic E-state index is 4.65. The Morgan fingerprint density at radius 1 is 0.871 bits per heavy atom. The van der Waals surface area contributed by atoms with Crippen molar-refractivity contribution in [1.82, 2.24) is 25.1 Å². The van der Waals surface area contributed by atoms with Crippen LogP contribution in [0, 0.1) is 6.92 Å². The van der Waals surface area contributed by atoms with E-state index in [2.05, 4.69) is 61.2 Å². The first-order valence-corrected chi connectivity index (χ1v) is 10.9. The molecule has 0 atom stereocenters. The number of pyridine rings is 2. The number of nitrogens with zero attached hydrogens (tertiary/aromatic N) is 4. The Bertz CT molecular complexity index is 1390. The molecule has 1 saturated heterocycles. The fraction of sp³-hybridized carbons (Fsp3) is 0.240. The molecule has 6 rings (SSSR count). The SMILES string of the molecule is Cc1ccncc1-c1ccc2[nH]nc(-c3cc4c(N5CCCCC5)cncc4[nH]3)c2c1. The molecule has 1 aliphatic rings. The van der Waals surface area contributed by atoms with Crippen LogP contribution in [0.3, 0.4) is 0 Å². The summed E-state index contributed by atoms with van der Waals surface area (Å²) in [4.78, 5) is 14.8. The monoisotopic (exact) mass is 408 g/mol. The minimum atomic E-state index is 0.930. The molecule has 5 aromatic rings. The highest BCUT2D eigenvalue weighted by Gasteiger charge is 2.18. The van der Waals surface area contributed by atoms with E-state index in [9.17, 15) is 0 Å². The minimum absolute atomic E-state index is 0.930. The molecule has 0 spiro atoms. The molecule has 0 radical (unpaired) electrons. The van der Waals surface area contributed by atoms with Crippen LogP contribution < -0.4 is 4.90 Å². The van der Waals surface area contributed by atoms with Crippen LogP contribution in [0.1, 0.15) is 24.8 Å². The van der Waals surface area contributed by atoms with Crippen molar-refractivity contribution in [3.05, 3.63) is 60.7 Å². The van der Waals surface area contributed by atoms with Crippen molar-refractivity contribution in [2.24, 2.45) is 0 Å². The third kappa shape index (κ3) is 3.06. The fourth-order valence-electron chi connectivity index (χ4n) is 4.70. The van der Waals surface area contributed by atoms with Gasteiger partial charge in [0.25, 0.3) is 0 Å². The van der Waals surface area contributed by atoms with Gasteiger partial charge in [0.05, 0.1) is 34.8 Å². The molecule has 5 heterocycles. The van der Waals surface area contributed by atoms with Crippen LogP contribution in [0.25, 0.3) is 44.3 Å². The van der Waals surface area contributed by atoms with E-state index in [1.165, 1.54) is 35.9 Å². The summed E-state index contributed by atoms with van der Waals surface area (Å²) in [6.45, 7) is 4.31. The van der Waals surface area contributed by atoms with Gasteiger partial charge in [-0.25, -0.2) is 0 Å². The van der Waals surface area contributed by atoms with Crippen molar-refractivity contribution in [2.75, 3.05) is 18.0 Å². The van der Waals surface area contributed by atoms with Gasteiger partial charge in [-0.1, -0.05) is 6.07 Å². The molecule has 0 saturated carbocycles. The molecule has 1 aromatic carbocycles. The molecule has 2 N–H and O–H groups in total. The molecule has 0 aliphatic carbocycles. The Kier molecular flexibility index (Phi) is 4.23. The summed E-state index contributed by atoms with van der Waals surface area (Å²) in [5, 5.41) is 10.2. The number of fused-ring (bicyclic) bond motifs is 2. The first-order chi connectivity index (χ1) is 15.3. The zero-order chi connectivity index (χ0) is 20.8. The van der Waals surface area contributed by atoms with Crippen LogP contribution in [-0.2, 0) is 0 Å². The summed E-state index contributed by atoms with van der Waals surface area (Å²) in [6, 6.07) is 10.7. The third-order valence-corrected chi connectivity index (χ3v) is 6.39. The molecule has 0 unspecified atom stereocenters. The number of hydrogen-bond donors (Lipinski definition) is 2. The van der Waals surface area contributed by atoms with Crippen LogP contribution in [0.5, 0.6) is 0 Å². The van der Waals surface area contributed by atoms with Crippen molar-refractivity contribution >= 4 is 27.5 Å². The fourth-order valence-corrected chi connectivity index (χ4v) is 4.70. The maximum Gasteiger partial charge on any atom is 0.116 e. The quantitative estimate of drug-likeness (QED) is 0.415. The molecule has 6 heteroatoms. The van der Waals surface area contributed by atoms with Gasteiger partial charge in [-0.15, -0.1) is 0 Å². The van der Waals surface area contributed by atoms with Gasteiger partial charge >= 0.3 is 0 Å². The van der Waals surface area contributed by atoms with Gasteiger partial charge in [0.2, 0.25) is 0 Å². The zero-order valence-electron chi connectivity index (χ0n) is 17.5. The number of rotatable bonds is 3. The van der Waals surface area contributed by atoms with Gasteiger partial charge in [-0.2, -0.15) is 5.10 Å². The number of aromatic nitrogens is 5. The predicted molar refractivity (Wildman–Crippen MR) is 125 cm³/mol. The molecule has 1 aliphatic heterocycles. The summed E-state index contributed by atoms with van der Waals surface area (Å²) in [6.07, 6.45) is 11.5. The number of hydrogen-bond acceptors (Lipinski definition) is 4. The minimum Gasteiger partial charge on any atom is -0.370 e. The highest BCUT2D eigenvalue weighted by atomic mass is 15.1. The molecule has 6 nitrogen and oxygen atoms in total. The van der Waals surface area contributed by atoms with Crippen LogP contribution in [0.4, 0.5) is 5.69 Å². The van der Waals surface area contributed by atoms with Crippen molar-refractivity contribution in [3.8, 4) is 22.5 Å². The van der Waals surface area contributed by atoms with Crippen LogP contribution in [-0.4, -0.2) is 38.2 Å². The summed E-state index contributed by atoms with van der Waals surface area (Å²) >= 11 is 0. The highest BCUT2D eigenvalue weighted by molar-refractivity contribution is 6.00. The number of anilines is 1. The average Bonchev–Trinajstić information content (AvgIpc) is 3.43. The largest absolute Gasteiger partial charge is 0.370 e. The van der Waals surface area contributed by atoms with Crippen LogP contribution in [0.15, 0.2) is 55.1 Å². The lowest BCUT2D eigenvalue weighted by molar-refractivity contribution is 0.578.